The zero-order chi connectivity index (χ0) is 28.7. The molecule has 12 heteroatoms. The predicted molar refractivity (Wildman–Crippen MR) is 145 cm³/mol. The first-order chi connectivity index (χ1) is 19.0. The number of pyridine rings is 1. The minimum Gasteiger partial charge on any atom is -0.481 e. The average Bonchev–Trinajstić information content (AvgIpc) is 3.28. The van der Waals surface area contributed by atoms with E-state index >= 15 is 0 Å². The third kappa shape index (κ3) is 5.53. The van der Waals surface area contributed by atoms with E-state index < -0.39 is 27.5 Å². The zero-order valence-corrected chi connectivity index (χ0v) is 24.0. The molecular formula is C28H35N5O6S. The van der Waals surface area contributed by atoms with E-state index in [1.54, 1.807) is 37.0 Å². The van der Waals surface area contributed by atoms with Gasteiger partial charge in [0.05, 0.1) is 37.5 Å². The van der Waals surface area contributed by atoms with Gasteiger partial charge >= 0.3 is 5.97 Å². The highest BCUT2D eigenvalue weighted by molar-refractivity contribution is 7.89. The summed E-state index contributed by atoms with van der Waals surface area (Å²) in [4.78, 5) is 16.6. The van der Waals surface area contributed by atoms with Crippen molar-refractivity contribution in [3.05, 3.63) is 70.8 Å². The van der Waals surface area contributed by atoms with Gasteiger partial charge in [0, 0.05) is 25.5 Å². The summed E-state index contributed by atoms with van der Waals surface area (Å²) in [5, 5.41) is 18.4. The van der Waals surface area contributed by atoms with Gasteiger partial charge in [-0.05, 0) is 61.4 Å². The molecular weight excluding hydrogens is 534 g/mol. The van der Waals surface area contributed by atoms with Crippen molar-refractivity contribution in [2.45, 2.75) is 64.3 Å². The molecule has 2 aliphatic rings. The highest BCUT2D eigenvalue weighted by Gasteiger charge is 2.40. The summed E-state index contributed by atoms with van der Waals surface area (Å²) in [6.07, 6.45) is 4.65. The van der Waals surface area contributed by atoms with Crippen molar-refractivity contribution in [1.82, 2.24) is 24.3 Å². The maximum atomic E-state index is 13.6. The number of fused-ring (bicyclic) bond motifs is 1. The van der Waals surface area contributed by atoms with Crippen LogP contribution in [0, 0.1) is 18.3 Å². The van der Waals surface area contributed by atoms with Crippen molar-refractivity contribution in [3.63, 3.8) is 0 Å². The zero-order valence-electron chi connectivity index (χ0n) is 23.1. The molecule has 0 unspecified atom stereocenters. The van der Waals surface area contributed by atoms with E-state index in [0.29, 0.717) is 37.4 Å². The average molecular weight is 570 g/mol. The molecule has 11 nitrogen and oxygen atoms in total. The van der Waals surface area contributed by atoms with Crippen LogP contribution in [0.3, 0.4) is 0 Å². The number of ether oxygens (including phenoxy) is 2. The lowest BCUT2D eigenvalue weighted by atomic mass is 9.81. The molecule has 0 saturated carbocycles. The first-order valence-corrected chi connectivity index (χ1v) is 14.8. The fourth-order valence-corrected chi connectivity index (χ4v) is 6.85. The number of rotatable bonds is 9. The maximum Gasteiger partial charge on any atom is 0.312 e. The molecule has 0 spiro atoms. The summed E-state index contributed by atoms with van der Waals surface area (Å²) in [6.45, 7) is 8.94. The van der Waals surface area contributed by atoms with Gasteiger partial charge in [0.1, 0.15) is 16.6 Å². The first-order valence-electron chi connectivity index (χ1n) is 13.3. The third-order valence-electron chi connectivity index (χ3n) is 7.75. The van der Waals surface area contributed by atoms with Gasteiger partial charge in [0.25, 0.3) is 0 Å². The molecule has 0 bridgehead atoms. The third-order valence-corrected chi connectivity index (χ3v) is 9.63. The molecule has 0 radical (unpaired) electrons. The molecule has 1 aromatic carbocycles. The minimum absolute atomic E-state index is 0.0694. The van der Waals surface area contributed by atoms with Crippen molar-refractivity contribution < 1.29 is 27.8 Å². The van der Waals surface area contributed by atoms with Gasteiger partial charge in [-0.15, -0.1) is 5.10 Å². The number of benzene rings is 1. The SMILES string of the molecule is Cc1ccc([C@@H](OCc2cn(C3COC3)nn2)C(C)(C)C(=O)O)cc1CN1C[C@@H](C)Cc2ccncc2S1(=O)=O. The lowest BCUT2D eigenvalue weighted by molar-refractivity contribution is -0.158. The summed E-state index contributed by atoms with van der Waals surface area (Å²) in [6, 6.07) is 7.51. The molecule has 5 rings (SSSR count). The normalized spacial score (nSPS) is 20.4. The molecule has 214 valence electrons. The van der Waals surface area contributed by atoms with Gasteiger partial charge < -0.3 is 14.6 Å². The van der Waals surface area contributed by atoms with Crippen LogP contribution in [0.5, 0.6) is 0 Å². The van der Waals surface area contributed by atoms with Crippen molar-refractivity contribution >= 4 is 16.0 Å². The molecule has 2 aliphatic heterocycles. The summed E-state index contributed by atoms with van der Waals surface area (Å²) in [5.41, 5.74) is 2.41. The number of carboxylic acids is 1. The van der Waals surface area contributed by atoms with Crippen molar-refractivity contribution in [2.24, 2.45) is 11.3 Å². The standard InChI is InChI=1S/C28H35N5O6S/c1-18-9-20-7-8-29-11-25(20)40(36,37)32(12-18)13-22-10-21(6-5-19(22)2)26(28(3,4)27(34)35)39-15-23-14-33(31-30-23)24-16-38-17-24/h5-8,10-11,14,18,24,26H,9,12-13,15-17H2,1-4H3,(H,34,35)/t18-,26+/m0/s1. The fourth-order valence-electron chi connectivity index (χ4n) is 5.13. The number of aromatic nitrogens is 4. The highest BCUT2D eigenvalue weighted by Crippen LogP contribution is 2.39. The Morgan fingerprint density at radius 3 is 2.75 bits per heavy atom. The largest absolute Gasteiger partial charge is 0.481 e. The van der Waals surface area contributed by atoms with Crippen molar-refractivity contribution in [2.75, 3.05) is 19.8 Å². The van der Waals surface area contributed by atoms with Crippen LogP contribution in [-0.2, 0) is 43.9 Å². The van der Waals surface area contributed by atoms with Gasteiger partial charge in [-0.3, -0.25) is 9.78 Å². The summed E-state index contributed by atoms with van der Waals surface area (Å²) in [5.74, 6) is -0.897. The Labute approximate surface area is 234 Å². The Bertz CT molecular complexity index is 1500. The Morgan fingerprint density at radius 1 is 1.27 bits per heavy atom. The molecule has 2 atom stereocenters. The van der Waals surface area contributed by atoms with Gasteiger partial charge in [-0.25, -0.2) is 13.1 Å². The number of aryl methyl sites for hydroxylation is 1. The van der Waals surface area contributed by atoms with E-state index in [0.717, 1.165) is 16.7 Å². The minimum atomic E-state index is -3.77. The van der Waals surface area contributed by atoms with E-state index in [1.165, 1.54) is 10.5 Å². The highest BCUT2D eigenvalue weighted by atomic mass is 32.2. The smallest absolute Gasteiger partial charge is 0.312 e. The molecule has 0 aliphatic carbocycles. The topological polar surface area (TPSA) is 137 Å². The quantitative estimate of drug-likeness (QED) is 0.411. The first kappa shape index (κ1) is 28.3. The van der Waals surface area contributed by atoms with Crippen LogP contribution < -0.4 is 0 Å². The lowest BCUT2D eigenvalue weighted by Crippen LogP contribution is -2.34. The van der Waals surface area contributed by atoms with Crippen LogP contribution in [-0.4, -0.2) is 63.5 Å². The molecule has 1 N–H and O–H groups in total. The summed E-state index contributed by atoms with van der Waals surface area (Å²) >= 11 is 0. The Kier molecular flexibility index (Phi) is 7.79. The van der Waals surface area contributed by atoms with E-state index in [1.807, 2.05) is 32.0 Å². The Morgan fingerprint density at radius 2 is 2.05 bits per heavy atom. The van der Waals surface area contributed by atoms with Crippen molar-refractivity contribution in [1.29, 1.82) is 0 Å². The van der Waals surface area contributed by atoms with Crippen LogP contribution in [0.4, 0.5) is 0 Å². The van der Waals surface area contributed by atoms with Gasteiger partial charge in [0.2, 0.25) is 10.0 Å². The van der Waals surface area contributed by atoms with E-state index in [2.05, 4.69) is 15.3 Å². The number of sulfonamides is 1. The molecule has 3 aromatic rings. The maximum absolute atomic E-state index is 13.6. The van der Waals surface area contributed by atoms with Gasteiger partial charge in [0.15, 0.2) is 0 Å². The number of hydrogen-bond acceptors (Lipinski definition) is 8. The molecule has 1 saturated heterocycles. The number of carbonyl (C=O) groups is 1. The predicted octanol–water partition coefficient (Wildman–Crippen LogP) is 3.30. The van der Waals surface area contributed by atoms with Crippen molar-refractivity contribution in [3.8, 4) is 0 Å². The second kappa shape index (κ2) is 11.0. The number of hydrogen-bond donors (Lipinski definition) is 1. The molecule has 2 aromatic heterocycles. The van der Waals surface area contributed by atoms with Crippen LogP contribution >= 0.6 is 0 Å². The van der Waals surface area contributed by atoms with Crippen LogP contribution in [0.15, 0.2) is 47.8 Å². The van der Waals surface area contributed by atoms with Crippen LogP contribution in [0.25, 0.3) is 0 Å². The second-order valence-corrected chi connectivity index (χ2v) is 13.3. The number of aliphatic carboxylic acids is 1. The Hall–Kier alpha value is -3.19. The van der Waals surface area contributed by atoms with E-state index in [4.69, 9.17) is 9.47 Å². The molecule has 1 fully saturated rings. The monoisotopic (exact) mass is 569 g/mol. The number of nitrogens with zero attached hydrogens (tertiary/aromatic N) is 5. The van der Waals surface area contributed by atoms with Crippen LogP contribution in [0.2, 0.25) is 0 Å². The Balaban J connectivity index is 1.43. The number of carboxylic acid groups (broad SMARTS) is 1. The summed E-state index contributed by atoms with van der Waals surface area (Å²) in [7, 11) is -3.77. The lowest BCUT2D eigenvalue weighted by Gasteiger charge is -2.31. The van der Waals surface area contributed by atoms with E-state index in [-0.39, 0.29) is 30.0 Å². The fraction of sp³-hybridized carbons (Fsp3) is 0.500. The van der Waals surface area contributed by atoms with Crippen LogP contribution in [0.1, 0.15) is 60.9 Å². The van der Waals surface area contributed by atoms with E-state index in [9.17, 15) is 18.3 Å². The van der Waals surface area contributed by atoms with Gasteiger partial charge in [-0.1, -0.05) is 30.3 Å². The molecule has 40 heavy (non-hydrogen) atoms. The molecule has 0 amide bonds. The second-order valence-electron chi connectivity index (χ2n) is 11.4. The summed E-state index contributed by atoms with van der Waals surface area (Å²) < 4.78 is 42.0. The van der Waals surface area contributed by atoms with Gasteiger partial charge in [-0.2, -0.15) is 4.31 Å². The molecule has 4 heterocycles.